The van der Waals surface area contributed by atoms with Crippen molar-refractivity contribution < 1.29 is 9.53 Å². The van der Waals surface area contributed by atoms with Crippen LogP contribution in [0.25, 0.3) is 0 Å². The molecule has 4 aliphatic rings. The van der Waals surface area contributed by atoms with E-state index >= 15 is 0 Å². The lowest BCUT2D eigenvalue weighted by Gasteiger charge is -2.39. The molecule has 1 unspecified atom stereocenters. The first kappa shape index (κ1) is 18.6. The van der Waals surface area contributed by atoms with Gasteiger partial charge < -0.3 is 15.0 Å². The van der Waals surface area contributed by atoms with Crippen LogP contribution >= 0.6 is 0 Å². The number of benzene rings is 1. The molecule has 1 amide bonds. The van der Waals surface area contributed by atoms with Gasteiger partial charge in [0.2, 0.25) is 5.91 Å². The first-order chi connectivity index (χ1) is 13.7. The van der Waals surface area contributed by atoms with Crippen LogP contribution in [0.4, 0.5) is 0 Å². The monoisotopic (exact) mass is 383 g/mol. The number of piperidine rings is 1. The zero-order chi connectivity index (χ0) is 19.0. The second kappa shape index (κ2) is 7.77. The largest absolute Gasteiger partial charge is 0.373 e. The topological polar surface area (TPSA) is 44.8 Å². The van der Waals surface area contributed by atoms with E-state index in [0.29, 0.717) is 30.5 Å². The van der Waals surface area contributed by atoms with Gasteiger partial charge in [0, 0.05) is 31.1 Å². The Morgan fingerprint density at radius 2 is 1.86 bits per heavy atom. The summed E-state index contributed by atoms with van der Waals surface area (Å²) in [6.45, 7) is 5.32. The van der Waals surface area contributed by atoms with E-state index in [4.69, 9.17) is 4.74 Å². The molecule has 3 heterocycles. The van der Waals surface area contributed by atoms with E-state index in [1.54, 1.807) is 0 Å². The number of likely N-dealkylation sites (tertiary alicyclic amines) is 2. The van der Waals surface area contributed by atoms with Gasteiger partial charge in [-0.2, -0.15) is 0 Å². The van der Waals surface area contributed by atoms with E-state index in [9.17, 15) is 4.79 Å². The average Bonchev–Trinajstić information content (AvgIpc) is 3.09. The van der Waals surface area contributed by atoms with Crippen LogP contribution in [0.3, 0.4) is 0 Å². The Morgan fingerprint density at radius 3 is 2.61 bits per heavy atom. The van der Waals surface area contributed by atoms with Gasteiger partial charge in [0.1, 0.15) is 0 Å². The van der Waals surface area contributed by atoms with Crippen LogP contribution in [0.15, 0.2) is 30.3 Å². The maximum Gasteiger partial charge on any atom is 0.236 e. The molecule has 1 saturated carbocycles. The van der Waals surface area contributed by atoms with Crippen molar-refractivity contribution in [3.8, 4) is 0 Å². The molecule has 5 nitrogen and oxygen atoms in total. The van der Waals surface area contributed by atoms with Crippen LogP contribution in [0, 0.1) is 0 Å². The van der Waals surface area contributed by atoms with Crippen LogP contribution in [0.2, 0.25) is 0 Å². The molecular formula is C23H33N3O2. The molecule has 3 saturated heterocycles. The predicted molar refractivity (Wildman–Crippen MR) is 109 cm³/mol. The Hall–Kier alpha value is -1.43. The van der Waals surface area contributed by atoms with Gasteiger partial charge in [0.05, 0.1) is 18.8 Å². The number of carbonyl (C=O) groups excluding carboxylic acids is 1. The van der Waals surface area contributed by atoms with E-state index in [1.165, 1.54) is 24.8 Å². The summed E-state index contributed by atoms with van der Waals surface area (Å²) in [5.74, 6) is 0.982. The van der Waals surface area contributed by atoms with Crippen molar-refractivity contribution in [3.05, 3.63) is 35.9 Å². The van der Waals surface area contributed by atoms with E-state index in [2.05, 4.69) is 45.4 Å². The first-order valence-corrected chi connectivity index (χ1v) is 11.2. The highest BCUT2D eigenvalue weighted by molar-refractivity contribution is 5.78. The number of nitrogens with zero attached hydrogens (tertiary/aromatic N) is 2. The van der Waals surface area contributed by atoms with Crippen LogP contribution < -0.4 is 5.32 Å². The van der Waals surface area contributed by atoms with Crippen LogP contribution in [0.1, 0.15) is 50.0 Å². The van der Waals surface area contributed by atoms with Crippen molar-refractivity contribution in [2.24, 2.45) is 0 Å². The van der Waals surface area contributed by atoms with Gasteiger partial charge in [0.25, 0.3) is 0 Å². The third-order valence-electron chi connectivity index (χ3n) is 7.26. The smallest absolute Gasteiger partial charge is 0.236 e. The van der Waals surface area contributed by atoms with E-state index in [1.807, 2.05) is 0 Å². The van der Waals surface area contributed by atoms with Gasteiger partial charge in [-0.25, -0.2) is 0 Å². The maximum atomic E-state index is 12.6. The van der Waals surface area contributed by atoms with Gasteiger partial charge in [-0.3, -0.25) is 9.69 Å². The Labute approximate surface area is 168 Å². The van der Waals surface area contributed by atoms with Gasteiger partial charge >= 0.3 is 0 Å². The quantitative estimate of drug-likeness (QED) is 0.848. The summed E-state index contributed by atoms with van der Waals surface area (Å²) in [5, 5.41) is 3.84. The number of ether oxygens (including phenoxy) is 1. The molecule has 3 aliphatic heterocycles. The average molecular weight is 384 g/mol. The summed E-state index contributed by atoms with van der Waals surface area (Å²) in [7, 11) is 0. The van der Waals surface area contributed by atoms with E-state index < -0.39 is 0 Å². The molecular weight excluding hydrogens is 350 g/mol. The van der Waals surface area contributed by atoms with Gasteiger partial charge in [-0.1, -0.05) is 30.3 Å². The maximum absolute atomic E-state index is 12.6. The molecule has 0 bridgehead atoms. The second-order valence-corrected chi connectivity index (χ2v) is 9.29. The first-order valence-electron chi connectivity index (χ1n) is 11.2. The van der Waals surface area contributed by atoms with Crippen molar-refractivity contribution in [1.82, 2.24) is 15.1 Å². The summed E-state index contributed by atoms with van der Waals surface area (Å²) in [6.07, 6.45) is 6.80. The van der Waals surface area contributed by atoms with E-state index in [0.717, 1.165) is 52.0 Å². The second-order valence-electron chi connectivity index (χ2n) is 9.29. The minimum absolute atomic E-state index is 0.000769. The lowest BCUT2D eigenvalue weighted by Crippen LogP contribution is -2.49. The molecule has 4 fully saturated rings. The minimum atomic E-state index is -0.000769. The molecule has 0 radical (unpaired) electrons. The number of hydrogen-bond donors (Lipinski definition) is 1. The number of hydrogen-bond acceptors (Lipinski definition) is 4. The molecule has 152 valence electrons. The summed E-state index contributed by atoms with van der Waals surface area (Å²) in [5.41, 5.74) is 1.46. The third kappa shape index (κ3) is 3.98. The fraction of sp³-hybridized carbons (Fsp3) is 0.696. The molecule has 1 spiro atoms. The third-order valence-corrected chi connectivity index (χ3v) is 7.26. The molecule has 3 atom stereocenters. The van der Waals surface area contributed by atoms with Gasteiger partial charge in [-0.05, 0) is 57.2 Å². The molecule has 28 heavy (non-hydrogen) atoms. The van der Waals surface area contributed by atoms with Crippen molar-refractivity contribution in [2.45, 2.75) is 62.1 Å². The molecule has 5 heteroatoms. The van der Waals surface area contributed by atoms with Gasteiger partial charge in [0.15, 0.2) is 0 Å². The number of rotatable bonds is 5. The lowest BCUT2D eigenvalue weighted by atomic mass is 9.87. The number of amides is 1. The highest BCUT2D eigenvalue weighted by Crippen LogP contribution is 2.43. The Balaban J connectivity index is 1.08. The molecule has 1 aromatic carbocycles. The van der Waals surface area contributed by atoms with Crippen molar-refractivity contribution >= 4 is 5.91 Å². The predicted octanol–water partition coefficient (Wildman–Crippen LogP) is 2.38. The lowest BCUT2D eigenvalue weighted by molar-refractivity contribution is -0.136. The normalized spacial score (nSPS) is 32.1. The van der Waals surface area contributed by atoms with Crippen molar-refractivity contribution in [2.75, 3.05) is 39.3 Å². The summed E-state index contributed by atoms with van der Waals surface area (Å²) in [4.78, 5) is 16.9. The Kier molecular flexibility index (Phi) is 5.16. The molecule has 1 N–H and O–H groups in total. The standard InChI is InChI=1S/C23H33N3O2/c27-22(16-25-10-4-5-11-25)26-12-8-23(9-13-26)15-19(17-28-23)24-21-14-20(21)18-6-2-1-3-7-18/h1-3,6-7,19-21,24H,4-5,8-17H2/t19?,20-,21+/m0/s1. The zero-order valence-electron chi connectivity index (χ0n) is 16.8. The molecule has 0 aromatic heterocycles. The minimum Gasteiger partial charge on any atom is -0.373 e. The summed E-state index contributed by atoms with van der Waals surface area (Å²) >= 11 is 0. The highest BCUT2D eigenvalue weighted by atomic mass is 16.5. The number of carbonyl (C=O) groups is 1. The summed E-state index contributed by atoms with van der Waals surface area (Å²) in [6, 6.07) is 11.9. The van der Waals surface area contributed by atoms with E-state index in [-0.39, 0.29) is 5.60 Å². The molecule has 1 aliphatic carbocycles. The molecule has 1 aromatic rings. The van der Waals surface area contributed by atoms with Crippen molar-refractivity contribution in [3.63, 3.8) is 0 Å². The Bertz CT molecular complexity index is 680. The number of nitrogens with one attached hydrogen (secondary N) is 1. The van der Waals surface area contributed by atoms with Crippen LogP contribution in [0.5, 0.6) is 0 Å². The van der Waals surface area contributed by atoms with Crippen molar-refractivity contribution in [1.29, 1.82) is 0 Å². The summed E-state index contributed by atoms with van der Waals surface area (Å²) < 4.78 is 6.31. The highest BCUT2D eigenvalue weighted by Gasteiger charge is 2.46. The van der Waals surface area contributed by atoms with Crippen LogP contribution in [-0.4, -0.2) is 72.7 Å². The fourth-order valence-corrected chi connectivity index (χ4v) is 5.45. The van der Waals surface area contributed by atoms with Gasteiger partial charge in [-0.15, -0.1) is 0 Å². The zero-order valence-corrected chi connectivity index (χ0v) is 16.8. The van der Waals surface area contributed by atoms with Crippen LogP contribution in [-0.2, 0) is 9.53 Å². The SMILES string of the molecule is O=C(CN1CCCC1)N1CCC2(CC1)CC(N[C@@H]1C[C@H]1c1ccccc1)CO2. The Morgan fingerprint density at radius 1 is 1.11 bits per heavy atom. The molecule has 5 rings (SSSR count). The fourth-order valence-electron chi connectivity index (χ4n) is 5.45.